The minimum absolute atomic E-state index is 0.245. The molecule has 0 saturated carbocycles. The van der Waals surface area contributed by atoms with Gasteiger partial charge in [-0.05, 0) is 59.7 Å². The lowest BCUT2D eigenvalue weighted by Crippen LogP contribution is -2.24. The fraction of sp³-hybridized carbons (Fsp3) is 0.0800. The van der Waals surface area contributed by atoms with E-state index < -0.39 is 17.7 Å². The summed E-state index contributed by atoms with van der Waals surface area (Å²) in [6, 6.07) is 19.5. The number of halogens is 1. The zero-order valence-corrected chi connectivity index (χ0v) is 17.7. The quantitative estimate of drug-likeness (QED) is 0.176. The number of hydrogen-bond acceptors (Lipinski definition) is 6. The van der Waals surface area contributed by atoms with Gasteiger partial charge in [0.15, 0.2) is 18.1 Å². The molecule has 3 aromatic rings. The molecular formula is C25H21FN2O5. The van der Waals surface area contributed by atoms with Crippen molar-refractivity contribution in [3.8, 4) is 17.2 Å². The molecule has 3 aromatic carbocycles. The summed E-state index contributed by atoms with van der Waals surface area (Å²) in [6.07, 6.45) is 4.38. The molecule has 0 fully saturated rings. The van der Waals surface area contributed by atoms with Crippen LogP contribution in [0.4, 0.5) is 4.39 Å². The number of methoxy groups -OCH3 is 1. The van der Waals surface area contributed by atoms with Crippen molar-refractivity contribution in [3.05, 3.63) is 95.8 Å². The minimum Gasteiger partial charge on any atom is -0.493 e. The molecular weight excluding hydrogens is 427 g/mol. The molecule has 0 aliphatic rings. The molecule has 168 valence electrons. The SMILES string of the molecule is COc1cc(/C=N/NC(=O)COc2ccc(F)cc2)ccc1OC(=O)/C=C/c1ccccc1. The summed E-state index contributed by atoms with van der Waals surface area (Å²) < 4.78 is 28.7. The molecule has 1 amide bonds. The molecule has 0 heterocycles. The van der Waals surface area contributed by atoms with Crippen molar-refractivity contribution >= 4 is 24.2 Å². The predicted octanol–water partition coefficient (Wildman–Crippen LogP) is 3.98. The Bertz CT molecular complexity index is 1150. The van der Waals surface area contributed by atoms with Gasteiger partial charge in [0.05, 0.1) is 13.3 Å². The highest BCUT2D eigenvalue weighted by molar-refractivity contribution is 5.89. The van der Waals surface area contributed by atoms with E-state index in [1.807, 2.05) is 30.3 Å². The molecule has 7 nitrogen and oxygen atoms in total. The second-order valence-electron chi connectivity index (χ2n) is 6.61. The smallest absolute Gasteiger partial charge is 0.336 e. The lowest BCUT2D eigenvalue weighted by Gasteiger charge is -2.08. The maximum atomic E-state index is 12.9. The van der Waals surface area contributed by atoms with Crippen molar-refractivity contribution in [1.82, 2.24) is 5.43 Å². The van der Waals surface area contributed by atoms with Crippen LogP contribution in [0.3, 0.4) is 0 Å². The molecule has 0 aliphatic heterocycles. The fourth-order valence-corrected chi connectivity index (χ4v) is 2.61. The van der Waals surface area contributed by atoms with Crippen LogP contribution >= 0.6 is 0 Å². The lowest BCUT2D eigenvalue weighted by molar-refractivity contribution is -0.129. The topological polar surface area (TPSA) is 86.2 Å². The summed E-state index contributed by atoms with van der Waals surface area (Å²) in [5.74, 6) is -0.494. The van der Waals surface area contributed by atoms with E-state index in [0.717, 1.165) is 5.56 Å². The van der Waals surface area contributed by atoms with E-state index in [4.69, 9.17) is 14.2 Å². The minimum atomic E-state index is -0.549. The molecule has 0 radical (unpaired) electrons. The summed E-state index contributed by atoms with van der Waals surface area (Å²) in [5, 5.41) is 3.86. The summed E-state index contributed by atoms with van der Waals surface area (Å²) in [5.41, 5.74) is 3.80. The van der Waals surface area contributed by atoms with Crippen LogP contribution in [-0.4, -0.2) is 31.8 Å². The first-order valence-electron chi connectivity index (χ1n) is 9.87. The van der Waals surface area contributed by atoms with E-state index in [-0.39, 0.29) is 12.4 Å². The van der Waals surface area contributed by atoms with Crippen LogP contribution in [0.2, 0.25) is 0 Å². The second kappa shape index (κ2) is 11.8. The number of ether oxygens (including phenoxy) is 3. The van der Waals surface area contributed by atoms with Crippen LogP contribution in [0.15, 0.2) is 84.0 Å². The highest BCUT2D eigenvalue weighted by atomic mass is 19.1. The van der Waals surface area contributed by atoms with Crippen molar-refractivity contribution in [2.24, 2.45) is 5.10 Å². The van der Waals surface area contributed by atoms with Crippen LogP contribution in [0.5, 0.6) is 17.2 Å². The Labute approximate surface area is 190 Å². The number of carbonyl (C=O) groups is 2. The van der Waals surface area contributed by atoms with E-state index in [9.17, 15) is 14.0 Å². The van der Waals surface area contributed by atoms with Gasteiger partial charge in [0.2, 0.25) is 0 Å². The van der Waals surface area contributed by atoms with Crippen LogP contribution < -0.4 is 19.6 Å². The number of benzene rings is 3. The van der Waals surface area contributed by atoms with Crippen LogP contribution in [-0.2, 0) is 9.59 Å². The normalized spacial score (nSPS) is 10.8. The van der Waals surface area contributed by atoms with Gasteiger partial charge in [-0.2, -0.15) is 5.10 Å². The first-order valence-corrected chi connectivity index (χ1v) is 9.87. The van der Waals surface area contributed by atoms with E-state index in [1.165, 1.54) is 43.7 Å². The van der Waals surface area contributed by atoms with E-state index >= 15 is 0 Å². The monoisotopic (exact) mass is 448 g/mol. The van der Waals surface area contributed by atoms with E-state index in [1.54, 1.807) is 24.3 Å². The third kappa shape index (κ3) is 7.62. The number of amides is 1. The third-order valence-electron chi connectivity index (χ3n) is 4.20. The van der Waals surface area contributed by atoms with E-state index in [2.05, 4.69) is 10.5 Å². The number of hydrazone groups is 1. The van der Waals surface area contributed by atoms with Crippen molar-refractivity contribution in [2.75, 3.05) is 13.7 Å². The maximum absolute atomic E-state index is 12.9. The summed E-state index contributed by atoms with van der Waals surface area (Å²) in [6.45, 7) is -0.280. The van der Waals surface area contributed by atoms with Gasteiger partial charge in [-0.25, -0.2) is 14.6 Å². The average Bonchev–Trinajstić information content (AvgIpc) is 2.84. The van der Waals surface area contributed by atoms with Crippen LogP contribution in [0.25, 0.3) is 6.08 Å². The summed E-state index contributed by atoms with van der Waals surface area (Å²) in [7, 11) is 1.45. The zero-order valence-electron chi connectivity index (χ0n) is 17.7. The number of rotatable bonds is 9. The maximum Gasteiger partial charge on any atom is 0.336 e. The Balaban J connectivity index is 1.52. The number of carbonyl (C=O) groups excluding carboxylic acids is 2. The van der Waals surface area contributed by atoms with Crippen molar-refractivity contribution in [2.45, 2.75) is 0 Å². The Hall–Kier alpha value is -4.46. The van der Waals surface area contributed by atoms with Gasteiger partial charge in [-0.3, -0.25) is 4.79 Å². The third-order valence-corrected chi connectivity index (χ3v) is 4.20. The Morgan fingerprint density at radius 3 is 2.45 bits per heavy atom. The number of nitrogens with zero attached hydrogens (tertiary/aromatic N) is 1. The zero-order chi connectivity index (χ0) is 23.5. The molecule has 1 N–H and O–H groups in total. The van der Waals surface area contributed by atoms with Gasteiger partial charge in [-0.15, -0.1) is 0 Å². The highest BCUT2D eigenvalue weighted by Gasteiger charge is 2.09. The Morgan fingerprint density at radius 1 is 0.970 bits per heavy atom. The number of hydrogen-bond donors (Lipinski definition) is 1. The Morgan fingerprint density at radius 2 is 1.73 bits per heavy atom. The van der Waals surface area contributed by atoms with Crippen LogP contribution in [0.1, 0.15) is 11.1 Å². The van der Waals surface area contributed by atoms with Crippen molar-refractivity contribution in [3.63, 3.8) is 0 Å². The first-order chi connectivity index (χ1) is 16.0. The lowest BCUT2D eigenvalue weighted by atomic mass is 10.2. The first kappa shape index (κ1) is 23.2. The molecule has 0 atom stereocenters. The molecule has 33 heavy (non-hydrogen) atoms. The summed E-state index contributed by atoms with van der Waals surface area (Å²) in [4.78, 5) is 23.9. The van der Waals surface area contributed by atoms with Crippen molar-refractivity contribution < 1.29 is 28.2 Å². The molecule has 0 spiro atoms. The molecule has 8 heteroatoms. The number of nitrogens with one attached hydrogen (secondary N) is 1. The van der Waals surface area contributed by atoms with Gasteiger partial charge in [-0.1, -0.05) is 30.3 Å². The number of esters is 1. The van der Waals surface area contributed by atoms with Gasteiger partial charge < -0.3 is 14.2 Å². The molecule has 3 rings (SSSR count). The summed E-state index contributed by atoms with van der Waals surface area (Å²) >= 11 is 0. The molecule has 0 saturated heterocycles. The Kier molecular flexibility index (Phi) is 8.30. The second-order valence-corrected chi connectivity index (χ2v) is 6.61. The van der Waals surface area contributed by atoms with Gasteiger partial charge in [0.1, 0.15) is 11.6 Å². The van der Waals surface area contributed by atoms with E-state index in [0.29, 0.717) is 17.1 Å². The highest BCUT2D eigenvalue weighted by Crippen LogP contribution is 2.27. The molecule has 0 bridgehead atoms. The fourth-order valence-electron chi connectivity index (χ4n) is 2.61. The van der Waals surface area contributed by atoms with Crippen molar-refractivity contribution in [1.29, 1.82) is 0 Å². The molecule has 0 aliphatic carbocycles. The molecule has 0 aromatic heterocycles. The van der Waals surface area contributed by atoms with Crippen LogP contribution in [0, 0.1) is 5.82 Å². The van der Waals surface area contributed by atoms with Gasteiger partial charge >= 0.3 is 5.97 Å². The van der Waals surface area contributed by atoms with Gasteiger partial charge in [0, 0.05) is 6.08 Å². The predicted molar refractivity (Wildman–Crippen MR) is 122 cm³/mol. The molecule has 0 unspecified atom stereocenters. The standard InChI is InChI=1S/C25H21FN2O5/c1-31-23-15-19(16-27-28-24(29)17-32-21-11-9-20(26)10-12-21)7-13-22(23)33-25(30)14-8-18-5-3-2-4-6-18/h2-16H,17H2,1H3,(H,28,29)/b14-8+,27-16+. The largest absolute Gasteiger partial charge is 0.493 e. The average molecular weight is 448 g/mol. The van der Waals surface area contributed by atoms with Gasteiger partial charge in [0.25, 0.3) is 5.91 Å².